The molecule has 3 aromatic rings. The summed E-state index contributed by atoms with van der Waals surface area (Å²) in [5, 5.41) is 0. The van der Waals surface area contributed by atoms with Gasteiger partial charge in [0.15, 0.2) is 23.2 Å². The highest BCUT2D eigenvalue weighted by atomic mass is 19.1. The van der Waals surface area contributed by atoms with E-state index in [9.17, 15) is 4.39 Å². The summed E-state index contributed by atoms with van der Waals surface area (Å²) in [6, 6.07) is 6.99. The number of benzene rings is 1. The summed E-state index contributed by atoms with van der Waals surface area (Å²) in [7, 11) is 0. The van der Waals surface area contributed by atoms with Crippen LogP contribution in [0.25, 0.3) is 11.6 Å². The molecule has 0 aliphatic heterocycles. The van der Waals surface area contributed by atoms with Crippen LogP contribution in [-0.4, -0.2) is 26.5 Å². The van der Waals surface area contributed by atoms with Gasteiger partial charge in [0.1, 0.15) is 0 Å². The maximum atomic E-state index is 14.0. The Hall–Kier alpha value is -2.89. The van der Waals surface area contributed by atoms with Crippen molar-refractivity contribution in [3.05, 3.63) is 66.0 Å². The summed E-state index contributed by atoms with van der Waals surface area (Å²) in [6.07, 6.45) is 10.4. The zero-order chi connectivity index (χ0) is 18.2. The van der Waals surface area contributed by atoms with Crippen molar-refractivity contribution in [2.45, 2.75) is 31.1 Å². The first-order valence-electron chi connectivity index (χ1n) is 9.29. The first-order valence-corrected chi connectivity index (χ1v) is 9.29. The van der Waals surface area contributed by atoms with Crippen LogP contribution in [0, 0.1) is 11.7 Å². The van der Waals surface area contributed by atoms with Gasteiger partial charge in [-0.3, -0.25) is 0 Å². The molecule has 27 heavy (non-hydrogen) atoms. The molecule has 6 heteroatoms. The third-order valence-electron chi connectivity index (χ3n) is 5.21. The molecule has 2 aliphatic rings. The number of nitrogens with zero attached hydrogens (tertiary/aromatic N) is 4. The Morgan fingerprint density at radius 2 is 1.63 bits per heavy atom. The molecule has 5 rings (SSSR count). The summed E-state index contributed by atoms with van der Waals surface area (Å²) >= 11 is 0. The summed E-state index contributed by atoms with van der Waals surface area (Å²) in [4.78, 5) is 17.1. The minimum atomic E-state index is -0.285. The van der Waals surface area contributed by atoms with E-state index >= 15 is 0 Å². The van der Waals surface area contributed by atoms with E-state index in [1.54, 1.807) is 18.5 Å². The Kier molecular flexibility index (Phi) is 4.03. The quantitative estimate of drug-likeness (QED) is 0.660. The average Bonchev–Trinajstić information content (AvgIpc) is 3.63. The maximum Gasteiger partial charge on any atom is 0.197 e. The molecule has 2 atom stereocenters. The second-order valence-corrected chi connectivity index (χ2v) is 7.31. The van der Waals surface area contributed by atoms with E-state index < -0.39 is 0 Å². The molecule has 0 bridgehead atoms. The molecule has 0 saturated heterocycles. The van der Waals surface area contributed by atoms with Crippen LogP contribution in [0.3, 0.4) is 0 Å². The first-order chi connectivity index (χ1) is 13.3. The van der Waals surface area contributed by atoms with Crippen molar-refractivity contribution in [2.75, 3.05) is 6.61 Å². The Morgan fingerprint density at radius 1 is 0.926 bits per heavy atom. The minimum Gasteiger partial charge on any atom is -0.490 e. The standard InChI is InChI=1S/C21H19FN4O/c22-18-5-4-14(8-19(18)27-12-13-2-3-13)16-9-17(16)15-10-25-21(26-11-15)20-23-6-1-7-24-20/h1,4-8,10-11,13,16-17H,2-3,9,12H2/t16-,17-/m0/s1. The van der Waals surface area contributed by atoms with Gasteiger partial charge in [-0.05, 0) is 66.3 Å². The number of rotatable bonds is 6. The summed E-state index contributed by atoms with van der Waals surface area (Å²) < 4.78 is 19.7. The molecule has 0 radical (unpaired) electrons. The average molecular weight is 362 g/mol. The molecule has 2 fully saturated rings. The SMILES string of the molecule is Fc1ccc([C@@H]2C[C@H]2c2cnc(-c3ncccn3)nc2)cc1OCC1CC1. The van der Waals surface area contributed by atoms with Gasteiger partial charge in [-0.25, -0.2) is 24.3 Å². The van der Waals surface area contributed by atoms with E-state index in [1.165, 1.54) is 18.9 Å². The zero-order valence-electron chi connectivity index (χ0n) is 14.8. The van der Waals surface area contributed by atoms with Gasteiger partial charge in [0.2, 0.25) is 0 Å². The van der Waals surface area contributed by atoms with Crippen molar-refractivity contribution in [1.29, 1.82) is 0 Å². The van der Waals surface area contributed by atoms with Gasteiger partial charge in [0.25, 0.3) is 0 Å². The molecule has 2 aromatic heterocycles. The van der Waals surface area contributed by atoms with Crippen LogP contribution >= 0.6 is 0 Å². The molecular formula is C21H19FN4O. The molecule has 5 nitrogen and oxygen atoms in total. The van der Waals surface area contributed by atoms with Crippen molar-refractivity contribution in [2.24, 2.45) is 5.92 Å². The molecule has 2 aliphatic carbocycles. The predicted molar refractivity (Wildman–Crippen MR) is 97.8 cm³/mol. The van der Waals surface area contributed by atoms with Crippen molar-refractivity contribution in [1.82, 2.24) is 19.9 Å². The molecule has 2 saturated carbocycles. The highest BCUT2D eigenvalue weighted by molar-refractivity contribution is 5.44. The Bertz CT molecular complexity index is 944. The van der Waals surface area contributed by atoms with E-state index in [2.05, 4.69) is 19.9 Å². The smallest absolute Gasteiger partial charge is 0.197 e. The third-order valence-corrected chi connectivity index (χ3v) is 5.21. The van der Waals surface area contributed by atoms with Gasteiger partial charge >= 0.3 is 0 Å². The van der Waals surface area contributed by atoms with Crippen LogP contribution in [0.15, 0.2) is 49.1 Å². The van der Waals surface area contributed by atoms with Gasteiger partial charge in [-0.1, -0.05) is 6.07 Å². The van der Waals surface area contributed by atoms with Crippen molar-refractivity contribution in [3.63, 3.8) is 0 Å². The highest BCUT2D eigenvalue weighted by Crippen LogP contribution is 2.54. The normalized spacial score (nSPS) is 21.1. The van der Waals surface area contributed by atoms with Crippen molar-refractivity contribution in [3.8, 4) is 17.4 Å². The van der Waals surface area contributed by atoms with Gasteiger partial charge in [-0.2, -0.15) is 0 Å². The molecular weight excluding hydrogens is 343 g/mol. The lowest BCUT2D eigenvalue weighted by Gasteiger charge is -2.09. The van der Waals surface area contributed by atoms with Gasteiger partial charge in [0.05, 0.1) is 6.61 Å². The van der Waals surface area contributed by atoms with Gasteiger partial charge < -0.3 is 4.74 Å². The zero-order valence-corrected chi connectivity index (χ0v) is 14.8. The van der Waals surface area contributed by atoms with Crippen LogP contribution in [0.4, 0.5) is 4.39 Å². The maximum absolute atomic E-state index is 14.0. The van der Waals surface area contributed by atoms with Crippen molar-refractivity contribution >= 4 is 0 Å². The largest absolute Gasteiger partial charge is 0.490 e. The van der Waals surface area contributed by atoms with E-state index in [1.807, 2.05) is 24.5 Å². The molecule has 0 amide bonds. The number of hydrogen-bond acceptors (Lipinski definition) is 5. The summed E-state index contributed by atoms with van der Waals surface area (Å²) in [5.41, 5.74) is 2.20. The van der Waals surface area contributed by atoms with Crippen LogP contribution in [0.2, 0.25) is 0 Å². The molecule has 136 valence electrons. The lowest BCUT2D eigenvalue weighted by molar-refractivity contribution is 0.285. The summed E-state index contributed by atoms with van der Waals surface area (Å²) in [5.74, 6) is 2.45. The van der Waals surface area contributed by atoms with E-state index in [0.29, 0.717) is 41.8 Å². The van der Waals surface area contributed by atoms with Gasteiger partial charge in [0, 0.05) is 24.8 Å². The Labute approximate surface area is 156 Å². The number of ether oxygens (including phenoxy) is 1. The Balaban J connectivity index is 1.29. The second-order valence-electron chi connectivity index (χ2n) is 7.31. The topological polar surface area (TPSA) is 60.8 Å². The number of hydrogen-bond donors (Lipinski definition) is 0. The molecule has 2 heterocycles. The monoisotopic (exact) mass is 362 g/mol. The lowest BCUT2D eigenvalue weighted by Crippen LogP contribution is -2.01. The predicted octanol–water partition coefficient (Wildman–Crippen LogP) is 4.13. The molecule has 0 spiro atoms. The first kappa shape index (κ1) is 16.3. The molecule has 0 N–H and O–H groups in total. The van der Waals surface area contributed by atoms with Crippen LogP contribution in [-0.2, 0) is 0 Å². The minimum absolute atomic E-state index is 0.285. The van der Waals surface area contributed by atoms with Crippen LogP contribution in [0.5, 0.6) is 5.75 Å². The molecule has 1 aromatic carbocycles. The van der Waals surface area contributed by atoms with Crippen LogP contribution < -0.4 is 4.74 Å². The lowest BCUT2D eigenvalue weighted by atomic mass is 10.1. The van der Waals surface area contributed by atoms with Crippen LogP contribution in [0.1, 0.15) is 42.2 Å². The third kappa shape index (κ3) is 3.52. The fourth-order valence-corrected chi connectivity index (χ4v) is 3.34. The Morgan fingerprint density at radius 3 is 2.37 bits per heavy atom. The fourth-order valence-electron chi connectivity index (χ4n) is 3.34. The highest BCUT2D eigenvalue weighted by Gasteiger charge is 2.40. The van der Waals surface area contributed by atoms with Gasteiger partial charge in [-0.15, -0.1) is 0 Å². The van der Waals surface area contributed by atoms with Crippen molar-refractivity contribution < 1.29 is 9.13 Å². The van der Waals surface area contributed by atoms with E-state index in [0.717, 1.165) is 17.5 Å². The van der Waals surface area contributed by atoms with E-state index in [4.69, 9.17) is 4.74 Å². The fraction of sp³-hybridized carbons (Fsp3) is 0.333. The number of aromatic nitrogens is 4. The molecule has 0 unspecified atom stereocenters. The number of halogens is 1. The summed E-state index contributed by atoms with van der Waals surface area (Å²) in [6.45, 7) is 0.616. The van der Waals surface area contributed by atoms with E-state index in [-0.39, 0.29) is 5.82 Å². The second kappa shape index (κ2) is 6.68.